The van der Waals surface area contributed by atoms with Crippen molar-refractivity contribution in [2.75, 3.05) is 6.61 Å². The molecule has 0 saturated carbocycles. The number of ether oxygens (including phenoxy) is 1. The lowest BCUT2D eigenvalue weighted by molar-refractivity contribution is -0.143. The molecule has 0 unspecified atom stereocenters. The molecule has 3 heteroatoms. The van der Waals surface area contributed by atoms with Gasteiger partial charge in [-0.2, -0.15) is 0 Å². The van der Waals surface area contributed by atoms with E-state index in [0.717, 1.165) is 6.42 Å². The molecule has 0 aromatic rings. The van der Waals surface area contributed by atoms with Gasteiger partial charge in [0.2, 0.25) is 5.91 Å². The van der Waals surface area contributed by atoms with Gasteiger partial charge < -0.3 is 10.1 Å². The Kier molecular flexibility index (Phi) is 3.93. The van der Waals surface area contributed by atoms with Crippen molar-refractivity contribution < 1.29 is 9.53 Å². The third kappa shape index (κ3) is 2.98. The second-order valence-corrected chi connectivity index (χ2v) is 4.81. The minimum absolute atomic E-state index is 0.0589. The van der Waals surface area contributed by atoms with E-state index in [1.165, 1.54) is 0 Å². The molecular weight excluding hydrogens is 178 g/mol. The minimum atomic E-state index is -0.231. The van der Waals surface area contributed by atoms with Crippen LogP contribution in [-0.2, 0) is 9.53 Å². The van der Waals surface area contributed by atoms with E-state index in [2.05, 4.69) is 33.0 Å². The van der Waals surface area contributed by atoms with Crippen LogP contribution in [0.15, 0.2) is 0 Å². The summed E-state index contributed by atoms with van der Waals surface area (Å²) in [6.45, 7) is 9.05. The summed E-state index contributed by atoms with van der Waals surface area (Å²) in [5.74, 6) is 1.00. The van der Waals surface area contributed by atoms with Crippen molar-refractivity contribution in [3.63, 3.8) is 0 Å². The summed E-state index contributed by atoms with van der Waals surface area (Å²) in [5.41, 5.74) is 0. The predicted molar refractivity (Wildman–Crippen MR) is 56.0 cm³/mol. The summed E-state index contributed by atoms with van der Waals surface area (Å²) in [6, 6.07) is 0.186. The fraction of sp³-hybridized carbons (Fsp3) is 0.909. The molecule has 2 atom stereocenters. The van der Waals surface area contributed by atoms with Gasteiger partial charge in [0, 0.05) is 0 Å². The number of rotatable bonds is 3. The molecule has 1 rings (SSSR count). The topological polar surface area (TPSA) is 38.3 Å². The quantitative estimate of drug-likeness (QED) is 0.749. The Morgan fingerprint density at radius 2 is 2.07 bits per heavy atom. The van der Waals surface area contributed by atoms with Gasteiger partial charge in [0.05, 0.1) is 12.6 Å². The highest BCUT2D eigenvalue weighted by Crippen LogP contribution is 2.15. The van der Waals surface area contributed by atoms with Crippen molar-refractivity contribution in [2.45, 2.75) is 46.3 Å². The van der Waals surface area contributed by atoms with Crippen LogP contribution in [-0.4, -0.2) is 24.7 Å². The lowest BCUT2D eigenvalue weighted by Gasteiger charge is -2.32. The number of morpholine rings is 1. The molecule has 14 heavy (non-hydrogen) atoms. The summed E-state index contributed by atoms with van der Waals surface area (Å²) in [4.78, 5) is 11.6. The first-order valence-electron chi connectivity index (χ1n) is 5.42. The van der Waals surface area contributed by atoms with Crippen LogP contribution in [0.25, 0.3) is 0 Å². The number of nitrogens with one attached hydrogen (secondary N) is 1. The van der Waals surface area contributed by atoms with Gasteiger partial charge in [-0.05, 0) is 18.3 Å². The van der Waals surface area contributed by atoms with Crippen molar-refractivity contribution in [3.05, 3.63) is 0 Å². The fourth-order valence-corrected chi connectivity index (χ4v) is 1.58. The second kappa shape index (κ2) is 4.78. The number of hydrogen-bond donors (Lipinski definition) is 1. The van der Waals surface area contributed by atoms with Crippen molar-refractivity contribution in [2.24, 2.45) is 11.8 Å². The van der Waals surface area contributed by atoms with Gasteiger partial charge in [0.25, 0.3) is 0 Å². The summed E-state index contributed by atoms with van der Waals surface area (Å²) in [7, 11) is 0. The number of amides is 1. The van der Waals surface area contributed by atoms with Crippen LogP contribution in [0, 0.1) is 11.8 Å². The van der Waals surface area contributed by atoms with Crippen molar-refractivity contribution >= 4 is 5.91 Å². The third-order valence-corrected chi connectivity index (χ3v) is 2.59. The van der Waals surface area contributed by atoms with Gasteiger partial charge in [-0.25, -0.2) is 0 Å². The molecule has 0 spiro atoms. The Labute approximate surface area is 86.2 Å². The van der Waals surface area contributed by atoms with E-state index < -0.39 is 0 Å². The molecule has 82 valence electrons. The van der Waals surface area contributed by atoms with Gasteiger partial charge in [0.15, 0.2) is 0 Å². The van der Waals surface area contributed by atoms with Gasteiger partial charge in [-0.1, -0.05) is 27.7 Å². The average Bonchev–Trinajstić information content (AvgIpc) is 2.07. The Morgan fingerprint density at radius 3 is 2.50 bits per heavy atom. The van der Waals surface area contributed by atoms with E-state index in [-0.39, 0.29) is 18.1 Å². The van der Waals surface area contributed by atoms with E-state index in [4.69, 9.17) is 4.74 Å². The lowest BCUT2D eigenvalue weighted by Crippen LogP contribution is -2.53. The zero-order valence-electron chi connectivity index (χ0n) is 9.54. The maximum atomic E-state index is 11.6. The van der Waals surface area contributed by atoms with Crippen molar-refractivity contribution in [1.82, 2.24) is 5.32 Å². The predicted octanol–water partition coefficient (Wildman–Crippen LogP) is 1.57. The molecule has 0 bridgehead atoms. The molecule has 0 aromatic carbocycles. The first-order chi connectivity index (χ1) is 6.50. The highest BCUT2D eigenvalue weighted by molar-refractivity contribution is 5.81. The molecule has 1 heterocycles. The van der Waals surface area contributed by atoms with E-state index in [1.807, 2.05) is 0 Å². The first kappa shape index (κ1) is 11.5. The average molecular weight is 199 g/mol. The largest absolute Gasteiger partial charge is 0.366 e. The van der Waals surface area contributed by atoms with Crippen LogP contribution in [0.3, 0.4) is 0 Å². The fourth-order valence-electron chi connectivity index (χ4n) is 1.58. The summed E-state index contributed by atoms with van der Waals surface area (Å²) in [5, 5.41) is 3.01. The van der Waals surface area contributed by atoms with Gasteiger partial charge in [-0.3, -0.25) is 4.79 Å². The second-order valence-electron chi connectivity index (χ2n) is 4.81. The van der Waals surface area contributed by atoms with Crippen LogP contribution in [0.4, 0.5) is 0 Å². The number of carbonyl (C=O) groups excluding carboxylic acids is 1. The maximum absolute atomic E-state index is 11.6. The molecule has 0 radical (unpaired) electrons. The van der Waals surface area contributed by atoms with Crippen LogP contribution >= 0.6 is 0 Å². The molecule has 1 fully saturated rings. The van der Waals surface area contributed by atoms with Crippen LogP contribution in [0.5, 0.6) is 0 Å². The lowest BCUT2D eigenvalue weighted by atomic mass is 10.00. The minimum Gasteiger partial charge on any atom is -0.366 e. The van der Waals surface area contributed by atoms with Gasteiger partial charge in [-0.15, -0.1) is 0 Å². The van der Waals surface area contributed by atoms with Gasteiger partial charge >= 0.3 is 0 Å². The van der Waals surface area contributed by atoms with E-state index in [9.17, 15) is 4.79 Å². The monoisotopic (exact) mass is 199 g/mol. The Bertz CT molecular complexity index is 201. The highest BCUT2D eigenvalue weighted by Gasteiger charge is 2.30. The van der Waals surface area contributed by atoms with E-state index in [1.54, 1.807) is 0 Å². The molecule has 1 N–H and O–H groups in total. The highest BCUT2D eigenvalue weighted by atomic mass is 16.5. The Morgan fingerprint density at radius 1 is 1.43 bits per heavy atom. The van der Waals surface area contributed by atoms with Crippen molar-refractivity contribution in [3.8, 4) is 0 Å². The molecule has 1 saturated heterocycles. The standard InChI is InChI=1S/C11H21NO2/c1-7(2)5-10-11(13)12-9(6-14-10)8(3)4/h7-10H,5-6H2,1-4H3,(H,12,13)/t9-,10+/m1/s1. The smallest absolute Gasteiger partial charge is 0.249 e. The third-order valence-electron chi connectivity index (χ3n) is 2.59. The van der Waals surface area contributed by atoms with Crippen LogP contribution in [0.2, 0.25) is 0 Å². The van der Waals surface area contributed by atoms with E-state index in [0.29, 0.717) is 18.4 Å². The van der Waals surface area contributed by atoms with E-state index >= 15 is 0 Å². The van der Waals surface area contributed by atoms with Crippen molar-refractivity contribution in [1.29, 1.82) is 0 Å². The molecule has 1 aliphatic rings. The Hall–Kier alpha value is -0.570. The summed E-state index contributed by atoms with van der Waals surface area (Å²) in [6.07, 6.45) is 0.585. The zero-order chi connectivity index (χ0) is 10.7. The SMILES string of the molecule is CC(C)C[C@@H]1OC[C@H](C(C)C)NC1=O. The van der Waals surface area contributed by atoms with Crippen LogP contribution in [0.1, 0.15) is 34.1 Å². The van der Waals surface area contributed by atoms with Gasteiger partial charge in [0.1, 0.15) is 6.10 Å². The molecule has 1 aliphatic heterocycles. The van der Waals surface area contributed by atoms with Crippen LogP contribution < -0.4 is 5.32 Å². The molecule has 1 amide bonds. The molecule has 3 nitrogen and oxygen atoms in total. The molecular formula is C11H21NO2. The molecule has 0 aromatic heterocycles. The molecule has 0 aliphatic carbocycles. The number of carbonyl (C=O) groups is 1. The maximum Gasteiger partial charge on any atom is 0.249 e. The summed E-state index contributed by atoms with van der Waals surface area (Å²) >= 11 is 0. The first-order valence-corrected chi connectivity index (χ1v) is 5.42. The number of hydrogen-bond acceptors (Lipinski definition) is 2. The zero-order valence-corrected chi connectivity index (χ0v) is 9.54. The summed E-state index contributed by atoms with van der Waals surface area (Å²) < 4.78 is 5.56. The Balaban J connectivity index is 2.44. The normalized spacial score (nSPS) is 28.3.